The van der Waals surface area contributed by atoms with E-state index in [1.807, 2.05) is 29.6 Å². The van der Waals surface area contributed by atoms with Crippen LogP contribution >= 0.6 is 11.3 Å². The second-order valence-corrected chi connectivity index (χ2v) is 5.84. The molecule has 0 spiro atoms. The van der Waals surface area contributed by atoms with Gasteiger partial charge in [-0.1, -0.05) is 6.07 Å². The molecule has 2 heterocycles. The zero-order valence-corrected chi connectivity index (χ0v) is 12.5. The first kappa shape index (κ1) is 14.5. The van der Waals surface area contributed by atoms with Gasteiger partial charge < -0.3 is 9.73 Å². The number of halogens is 1. The molecule has 0 aliphatic carbocycles. The lowest BCUT2D eigenvalue weighted by molar-refractivity contribution is -0.120. The van der Waals surface area contributed by atoms with Crippen LogP contribution in [0.25, 0.3) is 11.3 Å². The summed E-state index contributed by atoms with van der Waals surface area (Å²) in [6.07, 6.45) is 0.378. The fourth-order valence-corrected chi connectivity index (χ4v) is 2.77. The molecule has 2 aromatic heterocycles. The maximum Gasteiger partial charge on any atom is 0.225 e. The summed E-state index contributed by atoms with van der Waals surface area (Å²) < 4.78 is 18.6. The van der Waals surface area contributed by atoms with E-state index >= 15 is 0 Å². The van der Waals surface area contributed by atoms with E-state index in [-0.39, 0.29) is 11.7 Å². The fourth-order valence-electron chi connectivity index (χ4n) is 2.06. The fraction of sp³-hybridized carbons (Fsp3) is 0.118. The minimum atomic E-state index is -0.281. The van der Waals surface area contributed by atoms with Crippen LogP contribution in [0, 0.1) is 5.82 Å². The highest BCUT2D eigenvalue weighted by atomic mass is 32.1. The van der Waals surface area contributed by atoms with Gasteiger partial charge in [0.2, 0.25) is 5.91 Å². The van der Waals surface area contributed by atoms with Gasteiger partial charge >= 0.3 is 0 Å². The van der Waals surface area contributed by atoms with Crippen molar-refractivity contribution in [1.29, 1.82) is 0 Å². The van der Waals surface area contributed by atoms with Crippen molar-refractivity contribution in [3.63, 3.8) is 0 Å². The molecule has 3 nitrogen and oxygen atoms in total. The highest BCUT2D eigenvalue weighted by Crippen LogP contribution is 2.22. The quantitative estimate of drug-likeness (QED) is 0.773. The molecule has 0 fully saturated rings. The largest absolute Gasteiger partial charge is 0.459 e. The monoisotopic (exact) mass is 315 g/mol. The van der Waals surface area contributed by atoms with Crippen molar-refractivity contribution in [3.8, 4) is 11.3 Å². The summed E-state index contributed by atoms with van der Waals surface area (Å²) in [5.41, 5.74) is 0.803. The second kappa shape index (κ2) is 6.58. The molecule has 0 aliphatic heterocycles. The smallest absolute Gasteiger partial charge is 0.225 e. The Morgan fingerprint density at radius 2 is 1.95 bits per heavy atom. The van der Waals surface area contributed by atoms with Gasteiger partial charge in [0, 0.05) is 10.4 Å². The van der Waals surface area contributed by atoms with Gasteiger partial charge in [-0.25, -0.2) is 4.39 Å². The lowest BCUT2D eigenvalue weighted by Gasteiger charge is -2.02. The number of nitrogens with one attached hydrogen (secondary N) is 1. The third-order valence-electron chi connectivity index (χ3n) is 3.17. The summed E-state index contributed by atoms with van der Waals surface area (Å²) in [5, 5.41) is 4.77. The molecule has 0 radical (unpaired) electrons. The normalized spacial score (nSPS) is 10.6. The topological polar surface area (TPSA) is 42.2 Å². The second-order valence-electron chi connectivity index (χ2n) is 4.81. The van der Waals surface area contributed by atoms with Crippen LogP contribution < -0.4 is 5.32 Å². The average molecular weight is 315 g/mol. The molecule has 1 aromatic carbocycles. The minimum absolute atomic E-state index is 0.0396. The van der Waals surface area contributed by atoms with Gasteiger partial charge in [0.05, 0.1) is 13.0 Å². The molecule has 0 bridgehead atoms. The van der Waals surface area contributed by atoms with Crippen molar-refractivity contribution in [1.82, 2.24) is 5.32 Å². The molecule has 22 heavy (non-hydrogen) atoms. The Kier molecular flexibility index (Phi) is 4.34. The van der Waals surface area contributed by atoms with Crippen LogP contribution in [0.3, 0.4) is 0 Å². The lowest BCUT2D eigenvalue weighted by atomic mass is 10.2. The number of furan rings is 1. The molecule has 0 aliphatic rings. The van der Waals surface area contributed by atoms with Crippen LogP contribution in [-0.4, -0.2) is 5.91 Å². The number of hydrogen-bond acceptors (Lipinski definition) is 3. The van der Waals surface area contributed by atoms with Gasteiger partial charge in [0.15, 0.2) is 0 Å². The first-order valence-corrected chi connectivity index (χ1v) is 7.72. The molecule has 1 amide bonds. The number of rotatable bonds is 5. The maximum atomic E-state index is 12.9. The molecule has 5 heteroatoms. The number of hydrogen-bond donors (Lipinski definition) is 1. The highest BCUT2D eigenvalue weighted by molar-refractivity contribution is 7.10. The van der Waals surface area contributed by atoms with Gasteiger partial charge in [-0.3, -0.25) is 4.79 Å². The molecule has 0 unspecified atom stereocenters. The zero-order valence-electron chi connectivity index (χ0n) is 11.7. The van der Waals surface area contributed by atoms with Crippen molar-refractivity contribution in [2.45, 2.75) is 13.0 Å². The Hall–Kier alpha value is -2.40. The molecule has 1 N–H and O–H groups in total. The van der Waals surface area contributed by atoms with Gasteiger partial charge in [0.25, 0.3) is 0 Å². The van der Waals surface area contributed by atoms with Gasteiger partial charge in [0.1, 0.15) is 17.3 Å². The third-order valence-corrected chi connectivity index (χ3v) is 4.04. The molecule has 0 atom stereocenters. The van der Waals surface area contributed by atoms with E-state index < -0.39 is 0 Å². The molecular formula is C17H14FNO2S. The zero-order chi connectivity index (χ0) is 15.4. The van der Waals surface area contributed by atoms with Crippen LogP contribution in [0.1, 0.15) is 10.6 Å². The van der Waals surface area contributed by atoms with Crippen molar-refractivity contribution in [2.24, 2.45) is 0 Å². The number of benzene rings is 1. The van der Waals surface area contributed by atoms with Gasteiger partial charge in [-0.15, -0.1) is 11.3 Å². The first-order chi connectivity index (χ1) is 10.7. The Morgan fingerprint density at radius 1 is 1.14 bits per heavy atom. The predicted molar refractivity (Wildman–Crippen MR) is 84.0 cm³/mol. The lowest BCUT2D eigenvalue weighted by Crippen LogP contribution is -2.23. The highest BCUT2D eigenvalue weighted by Gasteiger charge is 2.08. The number of amides is 1. The predicted octanol–water partition coefficient (Wildman–Crippen LogP) is 4.01. The van der Waals surface area contributed by atoms with Crippen molar-refractivity contribution in [2.75, 3.05) is 0 Å². The Balaban J connectivity index is 1.57. The van der Waals surface area contributed by atoms with Crippen LogP contribution in [-0.2, 0) is 17.8 Å². The Labute approximate surface area is 131 Å². The molecule has 112 valence electrons. The van der Waals surface area contributed by atoms with Crippen LogP contribution in [0.5, 0.6) is 0 Å². The molecule has 0 saturated carbocycles. The molecule has 0 saturated heterocycles. The average Bonchev–Trinajstić information content (AvgIpc) is 3.17. The summed E-state index contributed by atoms with van der Waals surface area (Å²) in [6.45, 7) is 0.339. The van der Waals surface area contributed by atoms with Crippen LogP contribution in [0.4, 0.5) is 4.39 Å². The molecule has 3 aromatic rings. The number of carbonyl (C=O) groups excluding carboxylic acids is 1. The number of thiophene rings is 1. The minimum Gasteiger partial charge on any atom is -0.459 e. The molecular weight excluding hydrogens is 301 g/mol. The summed E-state index contributed by atoms with van der Waals surface area (Å²) in [7, 11) is 0. The number of carbonyl (C=O) groups is 1. The summed E-state index contributed by atoms with van der Waals surface area (Å²) >= 11 is 1.56. The van der Waals surface area contributed by atoms with Crippen molar-refractivity contribution >= 4 is 17.2 Å². The first-order valence-electron chi connectivity index (χ1n) is 6.84. The van der Waals surface area contributed by atoms with E-state index in [1.165, 1.54) is 12.1 Å². The van der Waals surface area contributed by atoms with E-state index in [2.05, 4.69) is 5.32 Å². The third kappa shape index (κ3) is 3.62. The van der Waals surface area contributed by atoms with E-state index in [0.29, 0.717) is 24.5 Å². The van der Waals surface area contributed by atoms with Crippen molar-refractivity contribution < 1.29 is 13.6 Å². The summed E-state index contributed by atoms with van der Waals surface area (Å²) in [5.74, 6) is 1.000. The Bertz CT molecular complexity index is 747. The van der Waals surface area contributed by atoms with E-state index in [0.717, 1.165) is 10.4 Å². The van der Waals surface area contributed by atoms with E-state index in [4.69, 9.17) is 4.42 Å². The standard InChI is InChI=1S/C17H14FNO2S/c18-13-5-3-12(4-6-13)16-8-7-14(21-16)11-19-17(20)10-15-2-1-9-22-15/h1-9H,10-11H2,(H,19,20). The Morgan fingerprint density at radius 3 is 2.68 bits per heavy atom. The van der Waals surface area contributed by atoms with Gasteiger partial charge in [-0.05, 0) is 47.8 Å². The SMILES string of the molecule is O=C(Cc1cccs1)NCc1ccc(-c2ccc(F)cc2)o1. The molecule has 3 rings (SSSR count). The van der Waals surface area contributed by atoms with Crippen LogP contribution in [0.2, 0.25) is 0 Å². The van der Waals surface area contributed by atoms with Gasteiger partial charge in [-0.2, -0.15) is 0 Å². The summed E-state index contributed by atoms with van der Waals surface area (Å²) in [4.78, 5) is 12.8. The summed E-state index contributed by atoms with van der Waals surface area (Å²) in [6, 6.07) is 13.6. The van der Waals surface area contributed by atoms with Crippen molar-refractivity contribution in [3.05, 3.63) is 70.4 Å². The maximum absolute atomic E-state index is 12.9. The van der Waals surface area contributed by atoms with E-state index in [9.17, 15) is 9.18 Å². The van der Waals surface area contributed by atoms with E-state index in [1.54, 1.807) is 23.5 Å². The van der Waals surface area contributed by atoms with Crippen LogP contribution in [0.15, 0.2) is 58.3 Å².